The number of thiazole rings is 1. The molecule has 7 nitrogen and oxygen atoms in total. The van der Waals surface area contributed by atoms with Gasteiger partial charge in [-0.3, -0.25) is 9.59 Å². The van der Waals surface area contributed by atoms with Gasteiger partial charge in [0, 0.05) is 11.8 Å². The smallest absolute Gasteiger partial charge is 0.339 e. The van der Waals surface area contributed by atoms with E-state index < -0.39 is 11.9 Å². The van der Waals surface area contributed by atoms with E-state index in [1.807, 2.05) is 30.3 Å². The average Bonchev–Trinajstić information content (AvgIpc) is 3.21. The van der Waals surface area contributed by atoms with Gasteiger partial charge in [-0.2, -0.15) is 0 Å². The first-order chi connectivity index (χ1) is 14.1. The molecule has 0 atom stereocenters. The molecule has 0 aliphatic heterocycles. The molecule has 3 aromatic rings. The number of benzene rings is 2. The van der Waals surface area contributed by atoms with Gasteiger partial charge in [-0.25, -0.2) is 9.78 Å². The molecule has 0 saturated carbocycles. The molecule has 2 N–H and O–H groups in total. The van der Waals surface area contributed by atoms with Crippen molar-refractivity contribution in [2.75, 3.05) is 17.7 Å². The molecule has 0 spiro atoms. The van der Waals surface area contributed by atoms with E-state index in [-0.39, 0.29) is 17.2 Å². The Morgan fingerprint density at radius 2 is 1.72 bits per heavy atom. The summed E-state index contributed by atoms with van der Waals surface area (Å²) in [5, 5.41) is 7.24. The summed E-state index contributed by atoms with van der Waals surface area (Å²) in [5.41, 5.74) is 1.79. The lowest BCUT2D eigenvalue weighted by Gasteiger charge is -2.08. The maximum Gasteiger partial charge on any atom is 0.339 e. The first-order valence-corrected chi connectivity index (χ1v) is 9.73. The molecular weight excluding hydrogens is 390 g/mol. The Morgan fingerprint density at radius 1 is 1.00 bits per heavy atom. The van der Waals surface area contributed by atoms with Gasteiger partial charge >= 0.3 is 5.97 Å². The van der Waals surface area contributed by atoms with E-state index in [1.54, 1.807) is 29.6 Å². The van der Waals surface area contributed by atoms with Crippen LogP contribution >= 0.6 is 11.3 Å². The Kier molecular flexibility index (Phi) is 6.70. The number of para-hydroxylation sites is 1. The lowest BCUT2D eigenvalue weighted by Crippen LogP contribution is -2.16. The van der Waals surface area contributed by atoms with E-state index >= 15 is 0 Å². The molecule has 8 heteroatoms. The van der Waals surface area contributed by atoms with Crippen molar-refractivity contribution in [1.29, 1.82) is 0 Å². The first kappa shape index (κ1) is 20.2. The van der Waals surface area contributed by atoms with Crippen molar-refractivity contribution >= 4 is 39.9 Å². The minimum absolute atomic E-state index is 0.146. The van der Waals surface area contributed by atoms with Crippen LogP contribution in [-0.2, 0) is 16.0 Å². The maximum absolute atomic E-state index is 12.5. The minimum Gasteiger partial charge on any atom is -0.465 e. The van der Waals surface area contributed by atoms with E-state index in [0.29, 0.717) is 23.7 Å². The van der Waals surface area contributed by atoms with Gasteiger partial charge in [-0.1, -0.05) is 42.5 Å². The normalized spacial score (nSPS) is 10.2. The predicted octanol–water partition coefficient (Wildman–Crippen LogP) is 3.75. The summed E-state index contributed by atoms with van der Waals surface area (Å²) < 4.78 is 4.72. The van der Waals surface area contributed by atoms with E-state index in [4.69, 9.17) is 4.74 Å². The zero-order chi connectivity index (χ0) is 20.6. The van der Waals surface area contributed by atoms with Crippen LogP contribution < -0.4 is 10.6 Å². The number of rotatable bonds is 7. The lowest BCUT2D eigenvalue weighted by molar-refractivity contribution is -0.116. The Labute approximate surface area is 171 Å². The maximum atomic E-state index is 12.5. The van der Waals surface area contributed by atoms with Gasteiger partial charge in [0.15, 0.2) is 5.13 Å². The highest BCUT2D eigenvalue weighted by Crippen LogP contribution is 2.20. The molecule has 1 aromatic heterocycles. The highest BCUT2D eigenvalue weighted by atomic mass is 32.1. The molecule has 0 unspecified atom stereocenters. The highest BCUT2D eigenvalue weighted by Gasteiger charge is 2.17. The number of anilines is 2. The molecule has 0 radical (unpaired) electrons. The SMILES string of the molecule is COC(=O)c1ccccc1NC(=O)c1csc(NC(=O)CCc2ccccc2)n1. The van der Waals surface area contributed by atoms with E-state index in [9.17, 15) is 14.4 Å². The van der Waals surface area contributed by atoms with E-state index in [2.05, 4.69) is 15.6 Å². The van der Waals surface area contributed by atoms with Crippen molar-refractivity contribution in [3.63, 3.8) is 0 Å². The first-order valence-electron chi connectivity index (χ1n) is 8.85. The van der Waals surface area contributed by atoms with Crippen LogP contribution in [0.2, 0.25) is 0 Å². The molecule has 3 rings (SSSR count). The number of hydrogen-bond donors (Lipinski definition) is 2. The van der Waals surface area contributed by atoms with Gasteiger partial charge < -0.3 is 15.4 Å². The standard InChI is InChI=1S/C21H19N3O4S/c1-28-20(27)15-9-5-6-10-16(15)22-19(26)17-13-29-21(23-17)24-18(25)12-11-14-7-3-2-4-8-14/h2-10,13H,11-12H2,1H3,(H,22,26)(H,23,24,25). The van der Waals surface area contributed by atoms with Crippen LogP contribution in [0.1, 0.15) is 32.8 Å². The number of aryl methyl sites for hydroxylation is 1. The summed E-state index contributed by atoms with van der Waals surface area (Å²) in [5.74, 6) is -1.21. The average molecular weight is 409 g/mol. The zero-order valence-electron chi connectivity index (χ0n) is 15.7. The number of nitrogens with one attached hydrogen (secondary N) is 2. The number of aromatic nitrogens is 1. The number of carbonyl (C=O) groups excluding carboxylic acids is 3. The summed E-state index contributed by atoms with van der Waals surface area (Å²) in [7, 11) is 1.27. The fraction of sp³-hybridized carbons (Fsp3) is 0.143. The number of amides is 2. The monoisotopic (exact) mass is 409 g/mol. The Hall–Kier alpha value is -3.52. The van der Waals surface area contributed by atoms with Crippen LogP contribution in [0.3, 0.4) is 0 Å². The second-order valence-corrected chi connectivity index (χ2v) is 6.92. The number of carbonyl (C=O) groups is 3. The molecule has 0 aliphatic rings. The van der Waals surface area contributed by atoms with Crippen LogP contribution in [0.4, 0.5) is 10.8 Å². The van der Waals surface area contributed by atoms with Crippen LogP contribution in [0.15, 0.2) is 60.0 Å². The van der Waals surface area contributed by atoms with Gasteiger partial charge in [-0.05, 0) is 24.1 Å². The quantitative estimate of drug-likeness (QED) is 0.579. The molecule has 0 bridgehead atoms. The number of nitrogens with zero attached hydrogens (tertiary/aromatic N) is 1. The van der Waals surface area contributed by atoms with Gasteiger partial charge in [-0.15, -0.1) is 11.3 Å². The third-order valence-electron chi connectivity index (χ3n) is 4.05. The summed E-state index contributed by atoms with van der Waals surface area (Å²) in [4.78, 5) is 40.5. The van der Waals surface area contributed by atoms with Gasteiger partial charge in [0.25, 0.3) is 5.91 Å². The van der Waals surface area contributed by atoms with Crippen LogP contribution in [0, 0.1) is 0 Å². The number of esters is 1. The van der Waals surface area contributed by atoms with Crippen LogP contribution in [0.5, 0.6) is 0 Å². The summed E-state index contributed by atoms with van der Waals surface area (Å²) in [6.07, 6.45) is 0.938. The molecule has 1 heterocycles. The lowest BCUT2D eigenvalue weighted by atomic mass is 10.1. The third-order valence-corrected chi connectivity index (χ3v) is 4.81. The van der Waals surface area contributed by atoms with Crippen LogP contribution in [0.25, 0.3) is 0 Å². The molecule has 29 heavy (non-hydrogen) atoms. The van der Waals surface area contributed by atoms with Crippen molar-refractivity contribution in [3.8, 4) is 0 Å². The Balaban J connectivity index is 1.59. The van der Waals surface area contributed by atoms with E-state index in [1.165, 1.54) is 7.11 Å². The van der Waals surface area contributed by atoms with Crippen molar-refractivity contribution in [2.24, 2.45) is 0 Å². The summed E-state index contributed by atoms with van der Waals surface area (Å²) in [6, 6.07) is 16.2. The highest BCUT2D eigenvalue weighted by molar-refractivity contribution is 7.14. The molecule has 148 valence electrons. The fourth-order valence-electron chi connectivity index (χ4n) is 2.59. The second-order valence-electron chi connectivity index (χ2n) is 6.06. The van der Waals surface area contributed by atoms with E-state index in [0.717, 1.165) is 16.9 Å². The van der Waals surface area contributed by atoms with Crippen LogP contribution in [-0.4, -0.2) is 29.9 Å². The molecule has 2 amide bonds. The largest absolute Gasteiger partial charge is 0.465 e. The van der Waals surface area contributed by atoms with Crippen molar-refractivity contribution < 1.29 is 19.1 Å². The third kappa shape index (κ3) is 5.49. The minimum atomic E-state index is -0.550. The number of hydrogen-bond acceptors (Lipinski definition) is 6. The fourth-order valence-corrected chi connectivity index (χ4v) is 3.29. The zero-order valence-corrected chi connectivity index (χ0v) is 16.5. The van der Waals surface area contributed by atoms with Crippen molar-refractivity contribution in [2.45, 2.75) is 12.8 Å². The van der Waals surface area contributed by atoms with Crippen molar-refractivity contribution in [3.05, 3.63) is 76.8 Å². The topological polar surface area (TPSA) is 97.4 Å². The Bertz CT molecular complexity index is 1020. The summed E-state index contributed by atoms with van der Waals surface area (Å²) in [6.45, 7) is 0. The van der Waals surface area contributed by atoms with Crippen molar-refractivity contribution in [1.82, 2.24) is 4.98 Å². The molecular formula is C21H19N3O4S. The van der Waals surface area contributed by atoms with Gasteiger partial charge in [0.05, 0.1) is 18.4 Å². The number of ether oxygens (including phenoxy) is 1. The Morgan fingerprint density at radius 3 is 2.48 bits per heavy atom. The predicted molar refractivity (Wildman–Crippen MR) is 111 cm³/mol. The molecule has 0 saturated heterocycles. The summed E-state index contributed by atoms with van der Waals surface area (Å²) >= 11 is 1.16. The van der Waals surface area contributed by atoms with Gasteiger partial charge in [0.1, 0.15) is 5.69 Å². The molecule has 0 fully saturated rings. The number of methoxy groups -OCH3 is 1. The second kappa shape index (κ2) is 9.61. The van der Waals surface area contributed by atoms with Gasteiger partial charge in [0.2, 0.25) is 5.91 Å². The molecule has 2 aromatic carbocycles. The molecule has 0 aliphatic carbocycles.